The number of carbonyl (C=O) groups is 1. The Morgan fingerprint density at radius 2 is 1.96 bits per heavy atom. The van der Waals surface area contributed by atoms with Gasteiger partial charge in [0.1, 0.15) is 5.82 Å². The van der Waals surface area contributed by atoms with Gasteiger partial charge in [-0.25, -0.2) is 4.39 Å². The second-order valence-electron chi connectivity index (χ2n) is 5.62. The van der Waals surface area contributed by atoms with Gasteiger partial charge in [-0.1, -0.05) is 11.8 Å². The molecule has 0 aliphatic carbocycles. The third kappa shape index (κ3) is 3.66. The van der Waals surface area contributed by atoms with Crippen LogP contribution in [0.5, 0.6) is 0 Å². The monoisotopic (exact) mass is 359 g/mol. The van der Waals surface area contributed by atoms with Crippen LogP contribution in [0.2, 0.25) is 0 Å². The highest BCUT2D eigenvalue weighted by Crippen LogP contribution is 2.25. The number of Topliss-reactive ketones (excluding diaryl/α,β-unsaturated/α-hetero) is 1. The van der Waals surface area contributed by atoms with Crippen molar-refractivity contribution in [2.24, 2.45) is 0 Å². The second kappa shape index (κ2) is 7.23. The van der Waals surface area contributed by atoms with Gasteiger partial charge < -0.3 is 8.98 Å². The van der Waals surface area contributed by atoms with Crippen molar-refractivity contribution in [3.8, 4) is 11.5 Å². The van der Waals surface area contributed by atoms with E-state index in [1.54, 1.807) is 12.1 Å². The normalized spacial score (nSPS) is 11.0. The Balaban J connectivity index is 1.68. The predicted molar refractivity (Wildman–Crippen MR) is 94.3 cm³/mol. The van der Waals surface area contributed by atoms with E-state index in [-0.39, 0.29) is 17.4 Å². The summed E-state index contributed by atoms with van der Waals surface area (Å²) in [7, 11) is 0. The van der Waals surface area contributed by atoms with Crippen molar-refractivity contribution in [1.82, 2.24) is 14.8 Å². The summed E-state index contributed by atoms with van der Waals surface area (Å²) in [4.78, 5) is 12.5. The van der Waals surface area contributed by atoms with Crippen LogP contribution in [0.4, 0.5) is 4.39 Å². The molecule has 0 aliphatic rings. The van der Waals surface area contributed by atoms with E-state index in [9.17, 15) is 9.18 Å². The van der Waals surface area contributed by atoms with Crippen LogP contribution < -0.4 is 0 Å². The Bertz CT molecular complexity index is 900. The van der Waals surface area contributed by atoms with E-state index in [0.29, 0.717) is 16.7 Å². The summed E-state index contributed by atoms with van der Waals surface area (Å²) in [5.74, 6) is 0.227. The number of nitrogens with zero attached hydrogens (tertiary/aromatic N) is 3. The topological polar surface area (TPSA) is 60.9 Å². The summed E-state index contributed by atoms with van der Waals surface area (Å²) in [5, 5.41) is 8.19. The number of hydrogen-bond donors (Lipinski definition) is 0. The second-order valence-corrected chi connectivity index (χ2v) is 6.55. The summed E-state index contributed by atoms with van der Waals surface area (Å²) >= 11 is 1.20. The van der Waals surface area contributed by atoms with Crippen molar-refractivity contribution < 1.29 is 13.6 Å². The Morgan fingerprint density at radius 3 is 2.60 bits per heavy atom. The van der Waals surface area contributed by atoms with Crippen molar-refractivity contribution in [3.05, 3.63) is 53.1 Å². The zero-order valence-corrected chi connectivity index (χ0v) is 15.1. The molecule has 0 aliphatic heterocycles. The molecule has 7 heteroatoms. The van der Waals surface area contributed by atoms with Crippen molar-refractivity contribution in [2.75, 3.05) is 5.75 Å². The lowest BCUT2D eigenvalue weighted by Gasteiger charge is -2.05. The largest absolute Gasteiger partial charge is 0.411 e. The quantitative estimate of drug-likeness (QED) is 0.485. The van der Waals surface area contributed by atoms with Crippen molar-refractivity contribution in [3.63, 3.8) is 0 Å². The summed E-state index contributed by atoms with van der Waals surface area (Å²) in [6.07, 6.45) is 0. The lowest BCUT2D eigenvalue weighted by Crippen LogP contribution is -2.05. The summed E-state index contributed by atoms with van der Waals surface area (Å²) in [6.45, 7) is 6.84. The number of hydrogen-bond acceptors (Lipinski definition) is 5. The van der Waals surface area contributed by atoms with Crippen LogP contribution in [0.3, 0.4) is 0 Å². The first-order valence-corrected chi connectivity index (χ1v) is 8.90. The molecule has 0 radical (unpaired) electrons. The van der Waals surface area contributed by atoms with E-state index in [2.05, 4.69) is 21.7 Å². The maximum atomic E-state index is 13.0. The molecule has 0 fully saturated rings. The molecule has 2 heterocycles. The highest BCUT2D eigenvalue weighted by Gasteiger charge is 2.17. The van der Waals surface area contributed by atoms with Gasteiger partial charge in [0, 0.05) is 29.1 Å². The Hall–Kier alpha value is -2.41. The van der Waals surface area contributed by atoms with Crippen LogP contribution in [0.15, 0.2) is 40.0 Å². The van der Waals surface area contributed by atoms with Crippen LogP contribution in [-0.4, -0.2) is 26.3 Å². The minimum Gasteiger partial charge on any atom is -0.411 e. The van der Waals surface area contributed by atoms with E-state index < -0.39 is 0 Å². The molecule has 130 valence electrons. The van der Waals surface area contributed by atoms with Gasteiger partial charge in [-0.15, -0.1) is 10.2 Å². The van der Waals surface area contributed by atoms with E-state index >= 15 is 0 Å². The van der Waals surface area contributed by atoms with Crippen molar-refractivity contribution >= 4 is 17.5 Å². The third-order valence-electron chi connectivity index (χ3n) is 4.01. The molecule has 2 aromatic heterocycles. The first-order chi connectivity index (χ1) is 12.0. The molecule has 0 N–H and O–H groups in total. The molecule has 0 spiro atoms. The maximum Gasteiger partial charge on any atom is 0.277 e. The minimum atomic E-state index is -0.326. The van der Waals surface area contributed by atoms with Crippen LogP contribution in [0.25, 0.3) is 11.5 Å². The zero-order chi connectivity index (χ0) is 18.0. The highest BCUT2D eigenvalue weighted by molar-refractivity contribution is 7.99. The average Bonchev–Trinajstić information content (AvgIpc) is 3.18. The molecule has 0 atom stereocenters. The molecule has 0 saturated carbocycles. The van der Waals surface area contributed by atoms with Crippen LogP contribution in [0.1, 0.15) is 28.7 Å². The summed E-state index contributed by atoms with van der Waals surface area (Å²) in [6, 6.07) is 7.72. The number of rotatable bonds is 6. The number of aromatic nitrogens is 3. The molecule has 5 nitrogen and oxygen atoms in total. The van der Waals surface area contributed by atoms with Crippen LogP contribution >= 0.6 is 11.8 Å². The first kappa shape index (κ1) is 17.4. The van der Waals surface area contributed by atoms with E-state index in [1.165, 1.54) is 23.9 Å². The Labute approximate surface area is 149 Å². The van der Waals surface area contributed by atoms with Gasteiger partial charge in [0.05, 0.1) is 5.75 Å². The summed E-state index contributed by atoms with van der Waals surface area (Å²) < 4.78 is 20.6. The smallest absolute Gasteiger partial charge is 0.277 e. The molecule has 0 saturated heterocycles. The molecule has 0 bridgehead atoms. The predicted octanol–water partition coefficient (Wildman–Crippen LogP) is 4.29. The summed E-state index contributed by atoms with van der Waals surface area (Å²) in [5.41, 5.74) is 3.41. The number of carbonyl (C=O) groups excluding carboxylic acids is 1. The lowest BCUT2D eigenvalue weighted by molar-refractivity contribution is 0.102. The fourth-order valence-corrected chi connectivity index (χ4v) is 3.40. The number of benzene rings is 1. The molecule has 3 aromatic rings. The molecule has 0 amide bonds. The van der Waals surface area contributed by atoms with Gasteiger partial charge in [-0.2, -0.15) is 0 Å². The number of aryl methyl sites for hydroxylation is 1. The molecule has 3 rings (SSSR count). The molecular weight excluding hydrogens is 341 g/mol. The number of ketones is 1. The fraction of sp³-hybridized carbons (Fsp3) is 0.278. The van der Waals surface area contributed by atoms with Gasteiger partial charge in [-0.3, -0.25) is 4.79 Å². The van der Waals surface area contributed by atoms with Gasteiger partial charge in [-0.05, 0) is 51.1 Å². The Morgan fingerprint density at radius 1 is 1.24 bits per heavy atom. The molecule has 0 unspecified atom stereocenters. The van der Waals surface area contributed by atoms with Crippen molar-refractivity contribution in [2.45, 2.75) is 32.5 Å². The molecule has 25 heavy (non-hydrogen) atoms. The molecular formula is C18H18FN3O2S. The van der Waals surface area contributed by atoms with E-state index in [1.807, 2.05) is 19.9 Å². The SMILES string of the molecule is CCn1c(C)cc(C(=O)CSc2nnc(-c3ccc(F)cc3)o2)c1C. The van der Waals surface area contributed by atoms with Gasteiger partial charge in [0.2, 0.25) is 5.89 Å². The average molecular weight is 359 g/mol. The van der Waals surface area contributed by atoms with Crippen molar-refractivity contribution in [1.29, 1.82) is 0 Å². The number of halogens is 1. The van der Waals surface area contributed by atoms with E-state index in [4.69, 9.17) is 4.42 Å². The molecule has 1 aromatic carbocycles. The van der Waals surface area contributed by atoms with Gasteiger partial charge >= 0.3 is 0 Å². The zero-order valence-electron chi connectivity index (χ0n) is 14.2. The fourth-order valence-electron chi connectivity index (χ4n) is 2.75. The number of thioether (sulfide) groups is 1. The maximum absolute atomic E-state index is 13.0. The standard InChI is InChI=1S/C18H18FN3O2S/c1-4-22-11(2)9-15(12(22)3)16(23)10-25-18-21-20-17(24-18)13-5-7-14(19)8-6-13/h5-9H,4,10H2,1-3H3. The van der Waals surface area contributed by atoms with Gasteiger partial charge in [0.15, 0.2) is 5.78 Å². The third-order valence-corrected chi connectivity index (χ3v) is 4.83. The lowest BCUT2D eigenvalue weighted by atomic mass is 10.2. The Kier molecular flexibility index (Phi) is 5.03. The van der Waals surface area contributed by atoms with Crippen LogP contribution in [0, 0.1) is 19.7 Å². The van der Waals surface area contributed by atoms with Crippen LogP contribution in [-0.2, 0) is 6.54 Å². The highest BCUT2D eigenvalue weighted by atomic mass is 32.2. The van der Waals surface area contributed by atoms with E-state index in [0.717, 1.165) is 23.5 Å². The first-order valence-electron chi connectivity index (χ1n) is 7.91. The minimum absolute atomic E-state index is 0.0272. The van der Waals surface area contributed by atoms with Gasteiger partial charge in [0.25, 0.3) is 5.22 Å².